The van der Waals surface area contributed by atoms with Gasteiger partial charge in [0.2, 0.25) is 0 Å². The number of aryl methyl sites for hydroxylation is 2. The molecule has 0 unspecified atom stereocenters. The number of guanidine groups is 1. The number of aliphatic imine (C=N–C) groups is 1. The highest BCUT2D eigenvalue weighted by atomic mass is 127. The minimum absolute atomic E-state index is 0. The first kappa shape index (κ1) is 17.7. The third-order valence-electron chi connectivity index (χ3n) is 3.00. The highest BCUT2D eigenvalue weighted by Gasteiger charge is 2.21. The van der Waals surface area contributed by atoms with Gasteiger partial charge in [-0.05, 0) is 46.0 Å². The van der Waals surface area contributed by atoms with Crippen molar-refractivity contribution in [3.8, 4) is 0 Å². The Morgan fingerprint density at radius 2 is 2.25 bits per heavy atom. The van der Waals surface area contributed by atoms with Gasteiger partial charge in [0.05, 0.1) is 5.01 Å². The average Bonchev–Trinajstić information content (AvgIpc) is 3.10. The molecule has 2 N–H and O–H groups in total. The van der Waals surface area contributed by atoms with E-state index in [0.717, 1.165) is 37.6 Å². The summed E-state index contributed by atoms with van der Waals surface area (Å²) in [7, 11) is 0. The van der Waals surface area contributed by atoms with E-state index in [0.29, 0.717) is 6.04 Å². The number of aromatic nitrogens is 1. The van der Waals surface area contributed by atoms with Gasteiger partial charge in [0.15, 0.2) is 5.96 Å². The van der Waals surface area contributed by atoms with Crippen LogP contribution in [0.2, 0.25) is 0 Å². The molecule has 0 atom stereocenters. The average molecular weight is 408 g/mol. The monoisotopic (exact) mass is 408 g/mol. The maximum Gasteiger partial charge on any atom is 0.191 e. The lowest BCUT2D eigenvalue weighted by Crippen LogP contribution is -2.38. The number of unbranched alkanes of at least 4 members (excludes halogenated alkanes) is 1. The number of hydrogen-bond acceptors (Lipinski definition) is 3. The molecule has 0 bridgehead atoms. The summed E-state index contributed by atoms with van der Waals surface area (Å²) < 4.78 is 0. The van der Waals surface area contributed by atoms with Crippen LogP contribution in [0.5, 0.6) is 0 Å². The Morgan fingerprint density at radius 3 is 2.85 bits per heavy atom. The molecule has 0 saturated heterocycles. The van der Waals surface area contributed by atoms with Crippen molar-refractivity contribution in [2.45, 2.75) is 52.0 Å². The van der Waals surface area contributed by atoms with Crippen LogP contribution in [0.15, 0.2) is 10.4 Å². The van der Waals surface area contributed by atoms with Crippen LogP contribution in [0, 0.1) is 6.92 Å². The van der Waals surface area contributed by atoms with E-state index in [1.54, 1.807) is 11.3 Å². The maximum absolute atomic E-state index is 4.61. The van der Waals surface area contributed by atoms with Crippen LogP contribution in [0.25, 0.3) is 0 Å². The Kier molecular flexibility index (Phi) is 8.44. The van der Waals surface area contributed by atoms with Crippen LogP contribution in [-0.4, -0.2) is 30.1 Å². The summed E-state index contributed by atoms with van der Waals surface area (Å²) in [6.07, 6.45) is 5.95. The van der Waals surface area contributed by atoms with E-state index in [1.807, 2.05) is 0 Å². The Morgan fingerprint density at radius 1 is 1.45 bits per heavy atom. The van der Waals surface area contributed by atoms with Crippen LogP contribution in [0.3, 0.4) is 0 Å². The molecular formula is C14H25IN4S. The van der Waals surface area contributed by atoms with Crippen LogP contribution in [-0.2, 0) is 6.42 Å². The maximum atomic E-state index is 4.61. The Bertz CT molecular complexity index is 415. The Hall–Kier alpha value is -0.370. The molecule has 2 rings (SSSR count). The number of halogens is 1. The molecule has 0 radical (unpaired) electrons. The van der Waals surface area contributed by atoms with Crippen LogP contribution < -0.4 is 10.6 Å². The second kappa shape index (κ2) is 9.55. The van der Waals surface area contributed by atoms with Gasteiger partial charge in [-0.15, -0.1) is 35.3 Å². The molecule has 1 aromatic heterocycles. The SMILES string of the molecule is CCNC(=NCCCCc1nc(C)cs1)NC1CC1.I. The zero-order chi connectivity index (χ0) is 13.5. The molecule has 114 valence electrons. The molecular weight excluding hydrogens is 383 g/mol. The van der Waals surface area contributed by atoms with Crippen molar-refractivity contribution in [1.82, 2.24) is 15.6 Å². The second-order valence-corrected chi connectivity index (χ2v) is 5.96. The van der Waals surface area contributed by atoms with E-state index in [1.165, 1.54) is 24.3 Å². The highest BCUT2D eigenvalue weighted by Crippen LogP contribution is 2.18. The lowest BCUT2D eigenvalue weighted by Gasteiger charge is -2.09. The molecule has 1 aliphatic carbocycles. The van der Waals surface area contributed by atoms with Gasteiger partial charge in [0.1, 0.15) is 0 Å². The smallest absolute Gasteiger partial charge is 0.191 e. The zero-order valence-corrected chi connectivity index (χ0v) is 15.5. The van der Waals surface area contributed by atoms with Gasteiger partial charge in [0.25, 0.3) is 0 Å². The van der Waals surface area contributed by atoms with Crippen molar-refractivity contribution in [3.05, 3.63) is 16.1 Å². The third kappa shape index (κ3) is 6.88. The molecule has 0 aliphatic heterocycles. The molecule has 0 aromatic carbocycles. The van der Waals surface area contributed by atoms with Crippen molar-refractivity contribution in [2.75, 3.05) is 13.1 Å². The molecule has 0 amide bonds. The van der Waals surface area contributed by atoms with Crippen molar-refractivity contribution in [3.63, 3.8) is 0 Å². The van der Waals surface area contributed by atoms with Gasteiger partial charge in [-0.1, -0.05) is 0 Å². The molecule has 6 heteroatoms. The Balaban J connectivity index is 0.00000200. The standard InChI is InChI=1S/C14H24N4S.HI/c1-3-15-14(18-12-7-8-12)16-9-5-4-6-13-17-11(2)10-19-13;/h10,12H,3-9H2,1-2H3,(H2,15,16,18);1H. The van der Waals surface area contributed by atoms with Crippen molar-refractivity contribution < 1.29 is 0 Å². The third-order valence-corrected chi connectivity index (χ3v) is 4.02. The van der Waals surface area contributed by atoms with Gasteiger partial charge < -0.3 is 10.6 Å². The zero-order valence-electron chi connectivity index (χ0n) is 12.3. The molecule has 20 heavy (non-hydrogen) atoms. The fraction of sp³-hybridized carbons (Fsp3) is 0.714. The summed E-state index contributed by atoms with van der Waals surface area (Å²) in [5, 5.41) is 10.1. The minimum atomic E-state index is 0. The minimum Gasteiger partial charge on any atom is -0.357 e. The van der Waals surface area contributed by atoms with E-state index in [9.17, 15) is 0 Å². The first-order chi connectivity index (χ1) is 9.28. The molecule has 1 heterocycles. The van der Waals surface area contributed by atoms with E-state index >= 15 is 0 Å². The number of thiazole rings is 1. The van der Waals surface area contributed by atoms with Gasteiger partial charge in [-0.3, -0.25) is 4.99 Å². The second-order valence-electron chi connectivity index (χ2n) is 5.02. The fourth-order valence-electron chi connectivity index (χ4n) is 1.84. The van der Waals surface area contributed by atoms with Crippen molar-refractivity contribution in [1.29, 1.82) is 0 Å². The number of hydrogen-bond donors (Lipinski definition) is 2. The Labute approximate surface area is 142 Å². The first-order valence-corrected chi connectivity index (χ1v) is 8.11. The number of rotatable bonds is 7. The van der Waals surface area contributed by atoms with Crippen LogP contribution in [0.4, 0.5) is 0 Å². The molecule has 0 spiro atoms. The predicted molar refractivity (Wildman–Crippen MR) is 97.3 cm³/mol. The van der Waals surface area contributed by atoms with Crippen LogP contribution in [0.1, 0.15) is 43.3 Å². The van der Waals surface area contributed by atoms with E-state index in [4.69, 9.17) is 0 Å². The lowest BCUT2D eigenvalue weighted by molar-refractivity contribution is 0.728. The van der Waals surface area contributed by atoms with Crippen LogP contribution >= 0.6 is 35.3 Å². The van der Waals surface area contributed by atoms with E-state index in [2.05, 4.69) is 39.8 Å². The lowest BCUT2D eigenvalue weighted by atomic mass is 10.2. The summed E-state index contributed by atoms with van der Waals surface area (Å²) in [5.74, 6) is 0.982. The quantitative estimate of drug-likeness (QED) is 0.316. The molecule has 1 fully saturated rings. The summed E-state index contributed by atoms with van der Waals surface area (Å²) >= 11 is 1.77. The molecule has 1 saturated carbocycles. The molecule has 1 aliphatic rings. The fourth-order valence-corrected chi connectivity index (χ4v) is 2.66. The first-order valence-electron chi connectivity index (χ1n) is 7.23. The summed E-state index contributed by atoms with van der Waals surface area (Å²) in [4.78, 5) is 9.09. The number of nitrogens with one attached hydrogen (secondary N) is 2. The van der Waals surface area contributed by atoms with Gasteiger partial charge in [-0.2, -0.15) is 0 Å². The predicted octanol–water partition coefficient (Wildman–Crippen LogP) is 3.11. The van der Waals surface area contributed by atoms with Crippen molar-refractivity contribution in [2.24, 2.45) is 4.99 Å². The summed E-state index contributed by atoms with van der Waals surface area (Å²) in [6, 6.07) is 0.663. The largest absolute Gasteiger partial charge is 0.357 e. The summed E-state index contributed by atoms with van der Waals surface area (Å²) in [5.41, 5.74) is 1.14. The summed E-state index contributed by atoms with van der Waals surface area (Å²) in [6.45, 7) is 5.98. The highest BCUT2D eigenvalue weighted by molar-refractivity contribution is 14.0. The topological polar surface area (TPSA) is 49.3 Å². The molecule has 1 aromatic rings. The van der Waals surface area contributed by atoms with Gasteiger partial charge >= 0.3 is 0 Å². The van der Waals surface area contributed by atoms with E-state index in [-0.39, 0.29) is 24.0 Å². The van der Waals surface area contributed by atoms with Gasteiger partial charge in [0, 0.05) is 30.2 Å². The number of nitrogens with zero attached hydrogens (tertiary/aromatic N) is 2. The van der Waals surface area contributed by atoms with Crippen molar-refractivity contribution >= 4 is 41.3 Å². The van der Waals surface area contributed by atoms with E-state index < -0.39 is 0 Å². The normalized spacial score (nSPS) is 14.8. The molecule has 4 nitrogen and oxygen atoms in total. The van der Waals surface area contributed by atoms with Gasteiger partial charge in [-0.25, -0.2) is 4.98 Å².